The van der Waals surface area contributed by atoms with Gasteiger partial charge in [0.15, 0.2) is 5.82 Å². The van der Waals surface area contributed by atoms with Gasteiger partial charge in [-0.25, -0.2) is 9.97 Å². The Hall–Kier alpha value is -8.12. The summed E-state index contributed by atoms with van der Waals surface area (Å²) in [6.45, 7) is 0. The highest BCUT2D eigenvalue weighted by Gasteiger charge is 2.22. The van der Waals surface area contributed by atoms with Crippen LogP contribution in [0.1, 0.15) is 0 Å². The zero-order chi connectivity index (χ0) is 41.4. The Morgan fingerprint density at radius 2 is 0.841 bits per heavy atom. The third-order valence-corrected chi connectivity index (χ3v) is 13.7. The van der Waals surface area contributed by atoms with Crippen molar-refractivity contribution in [2.45, 2.75) is 0 Å². The van der Waals surface area contributed by atoms with E-state index in [1.807, 2.05) is 23.5 Å². The van der Waals surface area contributed by atoms with Gasteiger partial charge in [-0.3, -0.25) is 0 Å². The highest BCUT2D eigenvalue weighted by atomic mass is 32.1. The largest absolute Gasteiger partial charge is 0.309 e. The first-order valence-electron chi connectivity index (χ1n) is 21.3. The fourth-order valence-corrected chi connectivity index (χ4v) is 10.9. The molecule has 294 valence electrons. The molecule has 4 aromatic heterocycles. The van der Waals surface area contributed by atoms with Crippen LogP contribution < -0.4 is 0 Å². The SMILES string of the molecule is c1ccc(-c2cc(-c3ccccc3)nc(-c3ccc(-n4c5ccccc5c5cc(-c6ccc7c(c6)c6ccccc6n7-c6ccccc6)ccc54)c4c3sc3ccccc34)n2)cc1. The lowest BCUT2D eigenvalue weighted by Gasteiger charge is -2.14. The number of hydrogen-bond acceptors (Lipinski definition) is 3. The van der Waals surface area contributed by atoms with E-state index < -0.39 is 0 Å². The third kappa shape index (κ3) is 5.67. The first-order chi connectivity index (χ1) is 31.2. The number of rotatable bonds is 6. The molecule has 4 nitrogen and oxygen atoms in total. The third-order valence-electron chi connectivity index (χ3n) is 12.5. The molecule has 0 bridgehead atoms. The maximum Gasteiger partial charge on any atom is 0.161 e. The average Bonchev–Trinajstić information content (AvgIpc) is 4.02. The van der Waals surface area contributed by atoms with Crippen molar-refractivity contribution in [3.63, 3.8) is 0 Å². The molecule has 63 heavy (non-hydrogen) atoms. The van der Waals surface area contributed by atoms with Gasteiger partial charge in [-0.1, -0.05) is 146 Å². The van der Waals surface area contributed by atoms with Crippen molar-refractivity contribution in [1.29, 1.82) is 0 Å². The summed E-state index contributed by atoms with van der Waals surface area (Å²) in [5.41, 5.74) is 14.4. The first kappa shape index (κ1) is 35.6. The predicted octanol–water partition coefficient (Wildman–Crippen LogP) is 15.7. The summed E-state index contributed by atoms with van der Waals surface area (Å²) in [5.74, 6) is 0.717. The standard InChI is InChI=1S/C58H36N4S/c1-4-16-37(17-5-1)48-36-49(38-18-6-2-7-19-38)60-58(59-48)45-30-33-54(56-44-24-12-15-27-55(44)63-57(45)56)62-51-26-14-11-23-43(51)47-35-40(29-32-53(47)62)39-28-31-52-46(34-39)42-22-10-13-25-50(42)61(52)41-20-8-3-9-21-41/h1-36H. The second kappa shape index (κ2) is 14.2. The van der Waals surface area contributed by atoms with Gasteiger partial charge in [-0.05, 0) is 83.9 Å². The molecule has 0 N–H and O–H groups in total. The zero-order valence-corrected chi connectivity index (χ0v) is 34.8. The molecule has 9 aromatic carbocycles. The summed E-state index contributed by atoms with van der Waals surface area (Å²) >= 11 is 1.82. The lowest BCUT2D eigenvalue weighted by atomic mass is 10.0. The molecule has 0 saturated carbocycles. The molecule has 0 atom stereocenters. The lowest BCUT2D eigenvalue weighted by molar-refractivity contribution is 1.18. The minimum Gasteiger partial charge on any atom is -0.309 e. The quantitative estimate of drug-likeness (QED) is 0.167. The van der Waals surface area contributed by atoms with Gasteiger partial charge in [-0.15, -0.1) is 11.3 Å². The Balaban J connectivity index is 1.01. The van der Waals surface area contributed by atoms with E-state index in [1.165, 1.54) is 74.9 Å². The van der Waals surface area contributed by atoms with Gasteiger partial charge in [0.2, 0.25) is 0 Å². The van der Waals surface area contributed by atoms with Crippen molar-refractivity contribution in [2.75, 3.05) is 0 Å². The number of hydrogen-bond donors (Lipinski definition) is 0. The normalized spacial score (nSPS) is 11.8. The number of fused-ring (bicyclic) bond motifs is 9. The van der Waals surface area contributed by atoms with Crippen molar-refractivity contribution in [1.82, 2.24) is 19.1 Å². The van der Waals surface area contributed by atoms with Gasteiger partial charge in [0.1, 0.15) is 0 Å². The Morgan fingerprint density at radius 3 is 1.46 bits per heavy atom. The van der Waals surface area contributed by atoms with E-state index in [2.05, 4.69) is 215 Å². The van der Waals surface area contributed by atoms with Gasteiger partial charge in [0, 0.05) is 64.1 Å². The van der Waals surface area contributed by atoms with Crippen molar-refractivity contribution < 1.29 is 0 Å². The maximum absolute atomic E-state index is 5.29. The van der Waals surface area contributed by atoms with Crippen molar-refractivity contribution >= 4 is 75.1 Å². The molecule has 13 aromatic rings. The highest BCUT2D eigenvalue weighted by Crippen LogP contribution is 2.46. The molecule has 5 heteroatoms. The van der Waals surface area contributed by atoms with Gasteiger partial charge in [-0.2, -0.15) is 0 Å². The molecule has 0 fully saturated rings. The number of aromatic nitrogens is 4. The molecule has 0 saturated heterocycles. The monoisotopic (exact) mass is 820 g/mol. The lowest BCUT2D eigenvalue weighted by Crippen LogP contribution is -1.98. The molecule has 0 aliphatic carbocycles. The molecular formula is C58H36N4S. The van der Waals surface area contributed by atoms with E-state index in [0.29, 0.717) is 5.82 Å². The van der Waals surface area contributed by atoms with E-state index >= 15 is 0 Å². The summed E-state index contributed by atoms with van der Waals surface area (Å²) in [6.07, 6.45) is 0. The van der Waals surface area contributed by atoms with Crippen LogP contribution in [-0.2, 0) is 0 Å². The van der Waals surface area contributed by atoms with Crippen LogP contribution in [0.25, 0.3) is 120 Å². The smallest absolute Gasteiger partial charge is 0.161 e. The van der Waals surface area contributed by atoms with E-state index in [9.17, 15) is 0 Å². The topological polar surface area (TPSA) is 35.6 Å². The molecule has 0 amide bonds. The van der Waals surface area contributed by atoms with Crippen LogP contribution in [-0.4, -0.2) is 19.1 Å². The summed E-state index contributed by atoms with van der Waals surface area (Å²) < 4.78 is 7.24. The number of thiophene rings is 1. The highest BCUT2D eigenvalue weighted by molar-refractivity contribution is 7.26. The Kier molecular flexibility index (Phi) is 8.05. The van der Waals surface area contributed by atoms with Gasteiger partial charge < -0.3 is 9.13 Å². The number of para-hydroxylation sites is 3. The van der Waals surface area contributed by atoms with Gasteiger partial charge in [0.05, 0.1) is 39.1 Å². The second-order valence-electron chi connectivity index (χ2n) is 16.1. The fourth-order valence-electron chi connectivity index (χ4n) is 9.67. The van der Waals surface area contributed by atoms with Gasteiger partial charge in [0.25, 0.3) is 0 Å². The summed E-state index contributed by atoms with van der Waals surface area (Å²) in [5, 5.41) is 7.37. The Labute approximate surface area is 367 Å². The van der Waals surface area contributed by atoms with Crippen LogP contribution in [0.3, 0.4) is 0 Å². The molecular weight excluding hydrogens is 785 g/mol. The molecule has 0 unspecified atom stereocenters. The summed E-state index contributed by atoms with van der Waals surface area (Å²) in [6, 6.07) is 78.4. The van der Waals surface area contributed by atoms with Gasteiger partial charge >= 0.3 is 0 Å². The molecule has 13 rings (SSSR count). The van der Waals surface area contributed by atoms with E-state index in [0.717, 1.165) is 39.5 Å². The van der Waals surface area contributed by atoms with Crippen molar-refractivity contribution in [2.24, 2.45) is 0 Å². The Bertz CT molecular complexity index is 3840. The van der Waals surface area contributed by atoms with E-state index in [-0.39, 0.29) is 0 Å². The van der Waals surface area contributed by atoms with E-state index in [1.54, 1.807) is 0 Å². The average molecular weight is 821 g/mol. The van der Waals surface area contributed by atoms with Crippen LogP contribution in [0, 0.1) is 0 Å². The summed E-state index contributed by atoms with van der Waals surface area (Å²) in [4.78, 5) is 10.6. The molecule has 0 aliphatic heterocycles. The van der Waals surface area contributed by atoms with Crippen LogP contribution >= 0.6 is 11.3 Å². The van der Waals surface area contributed by atoms with Crippen LogP contribution in [0.5, 0.6) is 0 Å². The minimum absolute atomic E-state index is 0.717. The van der Waals surface area contributed by atoms with Crippen molar-refractivity contribution in [3.05, 3.63) is 218 Å². The predicted molar refractivity (Wildman–Crippen MR) is 265 cm³/mol. The van der Waals surface area contributed by atoms with Crippen LogP contribution in [0.2, 0.25) is 0 Å². The summed E-state index contributed by atoms with van der Waals surface area (Å²) in [7, 11) is 0. The molecule has 0 radical (unpaired) electrons. The van der Waals surface area contributed by atoms with Crippen LogP contribution in [0.4, 0.5) is 0 Å². The molecule has 0 aliphatic rings. The van der Waals surface area contributed by atoms with Crippen LogP contribution in [0.15, 0.2) is 218 Å². The molecule has 0 spiro atoms. The van der Waals surface area contributed by atoms with E-state index in [4.69, 9.17) is 9.97 Å². The minimum atomic E-state index is 0.717. The molecule has 4 heterocycles. The number of benzene rings is 9. The fraction of sp³-hybridized carbons (Fsp3) is 0. The second-order valence-corrected chi connectivity index (χ2v) is 17.2. The maximum atomic E-state index is 5.29. The Morgan fingerprint density at radius 1 is 0.349 bits per heavy atom. The number of nitrogens with zero attached hydrogens (tertiary/aromatic N) is 4. The first-order valence-corrected chi connectivity index (χ1v) is 22.1. The van der Waals surface area contributed by atoms with Crippen molar-refractivity contribution in [3.8, 4) is 56.4 Å². The zero-order valence-electron chi connectivity index (χ0n) is 34.0.